The summed E-state index contributed by atoms with van der Waals surface area (Å²) in [7, 11) is 5.04. The average Bonchev–Trinajstić information content (AvgIpc) is 3.40. The Labute approximate surface area is 181 Å². The van der Waals surface area contributed by atoms with Crippen molar-refractivity contribution in [3.05, 3.63) is 59.1 Å². The van der Waals surface area contributed by atoms with Crippen molar-refractivity contribution in [2.24, 2.45) is 0 Å². The maximum Gasteiger partial charge on any atom is 0.203 e. The first kappa shape index (κ1) is 20.4. The normalized spacial score (nSPS) is 16.6. The molecule has 1 fully saturated rings. The third-order valence-electron chi connectivity index (χ3n) is 5.54. The molecule has 1 saturated heterocycles. The van der Waals surface area contributed by atoms with Gasteiger partial charge in [-0.1, -0.05) is 6.07 Å². The van der Waals surface area contributed by atoms with Gasteiger partial charge in [-0.2, -0.15) is 5.10 Å². The van der Waals surface area contributed by atoms with E-state index in [0.29, 0.717) is 11.4 Å². The Morgan fingerprint density at radius 2 is 1.83 bits per heavy atom. The van der Waals surface area contributed by atoms with E-state index in [1.807, 2.05) is 45.6 Å². The van der Waals surface area contributed by atoms with Gasteiger partial charge >= 0.3 is 0 Å². The molecule has 8 heteroatoms. The highest BCUT2D eigenvalue weighted by molar-refractivity contribution is 7.71. The molecule has 30 heavy (non-hydrogen) atoms. The lowest BCUT2D eigenvalue weighted by Gasteiger charge is -2.26. The van der Waals surface area contributed by atoms with Crippen molar-refractivity contribution in [2.45, 2.75) is 25.6 Å². The summed E-state index contributed by atoms with van der Waals surface area (Å²) in [5.41, 5.74) is 2.06. The lowest BCUT2D eigenvalue weighted by molar-refractivity contribution is 0.186. The van der Waals surface area contributed by atoms with Crippen LogP contribution >= 0.6 is 12.2 Å². The second-order valence-electron chi connectivity index (χ2n) is 7.20. The van der Waals surface area contributed by atoms with Gasteiger partial charge < -0.3 is 14.2 Å². The van der Waals surface area contributed by atoms with Crippen LogP contribution in [0.25, 0.3) is 5.69 Å². The first-order valence-corrected chi connectivity index (χ1v) is 10.3. The van der Waals surface area contributed by atoms with E-state index >= 15 is 0 Å². The Morgan fingerprint density at radius 3 is 2.60 bits per heavy atom. The molecular weight excluding hydrogens is 400 g/mol. The van der Waals surface area contributed by atoms with E-state index in [1.165, 1.54) is 0 Å². The van der Waals surface area contributed by atoms with E-state index in [-0.39, 0.29) is 6.04 Å². The molecule has 4 rings (SSSR count). The van der Waals surface area contributed by atoms with E-state index in [0.717, 1.165) is 47.9 Å². The predicted molar refractivity (Wildman–Crippen MR) is 117 cm³/mol. The van der Waals surface area contributed by atoms with E-state index in [1.54, 1.807) is 27.7 Å². The van der Waals surface area contributed by atoms with Gasteiger partial charge in [0.2, 0.25) is 4.77 Å². The van der Waals surface area contributed by atoms with Crippen LogP contribution in [0.5, 0.6) is 17.2 Å². The second kappa shape index (κ2) is 8.89. The largest absolute Gasteiger partial charge is 0.497 e. The number of aromatic nitrogens is 3. The van der Waals surface area contributed by atoms with Gasteiger partial charge in [0, 0.05) is 24.2 Å². The van der Waals surface area contributed by atoms with Gasteiger partial charge in [-0.25, -0.2) is 4.68 Å². The third-order valence-corrected chi connectivity index (χ3v) is 5.95. The van der Waals surface area contributed by atoms with Crippen LogP contribution in [0, 0.1) is 4.77 Å². The van der Waals surface area contributed by atoms with Gasteiger partial charge in [0.05, 0.1) is 33.7 Å². The number of likely N-dealkylation sites (tertiary alicyclic amines) is 1. The fourth-order valence-corrected chi connectivity index (χ4v) is 4.25. The van der Waals surface area contributed by atoms with Crippen molar-refractivity contribution >= 4 is 12.2 Å². The molecule has 1 aliphatic rings. The van der Waals surface area contributed by atoms with Crippen LogP contribution < -0.4 is 14.2 Å². The summed E-state index contributed by atoms with van der Waals surface area (Å²) < 4.78 is 20.8. The van der Waals surface area contributed by atoms with Crippen molar-refractivity contribution in [1.82, 2.24) is 19.2 Å². The molecule has 1 atom stereocenters. The Balaban J connectivity index is 1.60. The van der Waals surface area contributed by atoms with E-state index < -0.39 is 0 Å². The number of benzene rings is 2. The summed E-state index contributed by atoms with van der Waals surface area (Å²) in [5, 5.41) is 4.55. The molecule has 0 bridgehead atoms. The van der Waals surface area contributed by atoms with Crippen molar-refractivity contribution in [2.75, 3.05) is 27.9 Å². The summed E-state index contributed by atoms with van der Waals surface area (Å²) in [6.07, 6.45) is 3.91. The van der Waals surface area contributed by atoms with Crippen molar-refractivity contribution < 1.29 is 14.2 Å². The molecule has 2 aromatic carbocycles. The molecular formula is C22H26N4O3S. The van der Waals surface area contributed by atoms with Crippen LogP contribution in [-0.4, -0.2) is 47.1 Å². The molecule has 3 aromatic rings. The number of methoxy groups -OCH3 is 3. The molecule has 0 N–H and O–H groups in total. The smallest absolute Gasteiger partial charge is 0.203 e. The first-order valence-electron chi connectivity index (χ1n) is 9.89. The van der Waals surface area contributed by atoms with Crippen molar-refractivity contribution in [1.29, 1.82) is 0 Å². The number of hydrogen-bond donors (Lipinski definition) is 0. The van der Waals surface area contributed by atoms with Gasteiger partial charge in [-0.3, -0.25) is 9.47 Å². The zero-order valence-electron chi connectivity index (χ0n) is 17.4. The molecule has 1 aliphatic heterocycles. The van der Waals surface area contributed by atoms with Gasteiger partial charge in [0.25, 0.3) is 0 Å². The van der Waals surface area contributed by atoms with E-state index in [9.17, 15) is 0 Å². The van der Waals surface area contributed by atoms with Gasteiger partial charge in [0.1, 0.15) is 23.6 Å². The zero-order valence-corrected chi connectivity index (χ0v) is 18.3. The molecule has 0 saturated carbocycles. The molecule has 0 amide bonds. The average molecular weight is 427 g/mol. The lowest BCUT2D eigenvalue weighted by Crippen LogP contribution is -2.27. The van der Waals surface area contributed by atoms with E-state index in [4.69, 9.17) is 26.4 Å². The van der Waals surface area contributed by atoms with Crippen LogP contribution in [0.3, 0.4) is 0 Å². The van der Waals surface area contributed by atoms with Gasteiger partial charge in [-0.15, -0.1) is 0 Å². The maximum atomic E-state index is 5.72. The summed E-state index contributed by atoms with van der Waals surface area (Å²) in [6.45, 7) is 1.58. The minimum atomic E-state index is 0.221. The second-order valence-corrected chi connectivity index (χ2v) is 7.57. The molecule has 1 aromatic heterocycles. The summed E-state index contributed by atoms with van der Waals surface area (Å²) >= 11 is 5.72. The Hall–Kier alpha value is -2.84. The fraction of sp³-hybridized carbons (Fsp3) is 0.364. The molecule has 7 nitrogen and oxygen atoms in total. The standard InChI is InChI=1S/C22H26N4O3S/c1-27-17-7-4-6-16(12-17)25-14-23-26(22(25)30)15-24-11-5-8-20(24)19-13-18(28-2)9-10-21(19)29-3/h4,6-7,9-10,12-14,20H,5,8,11,15H2,1-3H3. The summed E-state index contributed by atoms with van der Waals surface area (Å²) in [6, 6.07) is 14.0. The van der Waals surface area contributed by atoms with Crippen LogP contribution in [-0.2, 0) is 6.67 Å². The first-order chi connectivity index (χ1) is 14.6. The third kappa shape index (κ3) is 3.93. The Kier molecular flexibility index (Phi) is 6.06. The topological polar surface area (TPSA) is 53.7 Å². The molecule has 1 unspecified atom stereocenters. The highest BCUT2D eigenvalue weighted by atomic mass is 32.1. The number of hydrogen-bond acceptors (Lipinski definition) is 6. The molecule has 0 aliphatic carbocycles. The summed E-state index contributed by atoms with van der Waals surface area (Å²) in [5.74, 6) is 2.49. The van der Waals surface area contributed by atoms with Gasteiger partial charge in [0.15, 0.2) is 0 Å². The van der Waals surface area contributed by atoms with Crippen molar-refractivity contribution in [3.8, 4) is 22.9 Å². The molecule has 0 radical (unpaired) electrons. The van der Waals surface area contributed by atoms with Crippen molar-refractivity contribution in [3.63, 3.8) is 0 Å². The van der Waals surface area contributed by atoms with Crippen LogP contribution in [0.1, 0.15) is 24.4 Å². The molecule has 158 valence electrons. The highest BCUT2D eigenvalue weighted by Crippen LogP contribution is 2.39. The SMILES string of the molecule is COc1cccc(-n2cnn(CN3CCCC3c3cc(OC)ccc3OC)c2=S)c1. The number of nitrogens with zero attached hydrogens (tertiary/aromatic N) is 4. The number of rotatable bonds is 7. The maximum absolute atomic E-state index is 5.72. The Bertz CT molecular complexity index is 1080. The predicted octanol–water partition coefficient (Wildman–Crippen LogP) is 4.22. The zero-order chi connectivity index (χ0) is 21.1. The van der Waals surface area contributed by atoms with Crippen LogP contribution in [0.4, 0.5) is 0 Å². The van der Waals surface area contributed by atoms with Gasteiger partial charge in [-0.05, 0) is 55.4 Å². The monoisotopic (exact) mass is 426 g/mol. The Morgan fingerprint density at radius 1 is 1.03 bits per heavy atom. The highest BCUT2D eigenvalue weighted by Gasteiger charge is 2.29. The minimum absolute atomic E-state index is 0.221. The van der Waals surface area contributed by atoms with E-state index in [2.05, 4.69) is 16.1 Å². The summed E-state index contributed by atoms with van der Waals surface area (Å²) in [4.78, 5) is 2.38. The fourth-order valence-electron chi connectivity index (χ4n) is 3.99. The minimum Gasteiger partial charge on any atom is -0.497 e. The molecule has 2 heterocycles. The van der Waals surface area contributed by atoms with Crippen LogP contribution in [0.15, 0.2) is 48.8 Å². The number of ether oxygens (including phenoxy) is 3. The van der Waals surface area contributed by atoms with Crippen LogP contribution in [0.2, 0.25) is 0 Å². The molecule has 0 spiro atoms. The quantitative estimate of drug-likeness (QED) is 0.527. The lowest BCUT2D eigenvalue weighted by atomic mass is 10.0.